The Hall–Kier alpha value is -4.53. The number of fused-ring (bicyclic) bond motifs is 1. The Kier molecular flexibility index (Phi) is 6.91. The molecule has 39 heavy (non-hydrogen) atoms. The van der Waals surface area contributed by atoms with Gasteiger partial charge in [-0.25, -0.2) is 9.97 Å². The highest BCUT2D eigenvalue weighted by molar-refractivity contribution is 6.05. The van der Waals surface area contributed by atoms with Crippen LogP contribution < -0.4 is 10.6 Å². The minimum atomic E-state index is -0.214. The van der Waals surface area contributed by atoms with E-state index in [4.69, 9.17) is 0 Å². The number of nitrogens with one attached hydrogen (secondary N) is 3. The number of nitrogens with zero attached hydrogens (tertiary/aromatic N) is 4. The second kappa shape index (κ2) is 10.3. The number of aromatic amines is 1. The van der Waals surface area contributed by atoms with Gasteiger partial charge in [-0.3, -0.25) is 14.7 Å². The normalized spacial score (nSPS) is 15.4. The van der Waals surface area contributed by atoms with Crippen LogP contribution in [-0.4, -0.2) is 56.0 Å². The standard InChI is InChI=1S/C30H33N7O2/c1-6-24(38)37-16-13-21(17-37)33-28-25-23(12-15-32-27(25)35-36-28)22-11-14-31-26(18(22)2)34-29(39)19-7-9-20(10-8-19)30(3,4)5/h6-12,14-15,21H,1,13,16-17H2,2-5H3,(H,31,34,39)(H2,32,33,35,36). The molecular formula is C30H33N7O2. The van der Waals surface area contributed by atoms with Crippen LogP contribution in [0.2, 0.25) is 0 Å². The SMILES string of the molecule is C=CC(=O)N1CCC(Nc2n[nH]c3nccc(-c4ccnc(NC(=O)c5ccc(C(C)(C)C)cc5)c4C)c23)C1. The Balaban J connectivity index is 1.42. The summed E-state index contributed by atoms with van der Waals surface area (Å²) in [4.78, 5) is 35.8. The number of pyridine rings is 2. The molecule has 2 amide bonds. The molecular weight excluding hydrogens is 490 g/mol. The molecule has 1 fully saturated rings. The quantitative estimate of drug-likeness (QED) is 0.304. The lowest BCUT2D eigenvalue weighted by Gasteiger charge is -2.19. The Morgan fingerprint density at radius 1 is 1.05 bits per heavy atom. The summed E-state index contributed by atoms with van der Waals surface area (Å²) in [6.07, 6.45) is 5.58. The van der Waals surface area contributed by atoms with E-state index >= 15 is 0 Å². The molecule has 0 saturated carbocycles. The van der Waals surface area contributed by atoms with E-state index in [9.17, 15) is 9.59 Å². The Morgan fingerprint density at radius 3 is 2.49 bits per heavy atom. The number of benzene rings is 1. The number of aromatic nitrogens is 4. The van der Waals surface area contributed by atoms with Crippen molar-refractivity contribution in [1.29, 1.82) is 0 Å². The summed E-state index contributed by atoms with van der Waals surface area (Å²) in [6, 6.07) is 11.6. The zero-order chi connectivity index (χ0) is 27.7. The monoisotopic (exact) mass is 523 g/mol. The largest absolute Gasteiger partial charge is 0.363 e. The number of anilines is 2. The Morgan fingerprint density at radius 2 is 1.77 bits per heavy atom. The van der Waals surface area contributed by atoms with Gasteiger partial charge in [0.25, 0.3) is 5.91 Å². The molecule has 9 nitrogen and oxygen atoms in total. The molecule has 3 aromatic heterocycles. The highest BCUT2D eigenvalue weighted by Gasteiger charge is 2.26. The van der Waals surface area contributed by atoms with E-state index in [0.717, 1.165) is 28.5 Å². The van der Waals surface area contributed by atoms with Gasteiger partial charge in [0, 0.05) is 37.1 Å². The van der Waals surface area contributed by atoms with E-state index in [1.165, 1.54) is 11.6 Å². The molecule has 1 aliphatic heterocycles. The van der Waals surface area contributed by atoms with Crippen molar-refractivity contribution in [1.82, 2.24) is 25.1 Å². The average molecular weight is 524 g/mol. The molecule has 4 aromatic rings. The molecule has 4 heterocycles. The number of hydrogen-bond acceptors (Lipinski definition) is 6. The van der Waals surface area contributed by atoms with Crippen LogP contribution in [0.3, 0.4) is 0 Å². The zero-order valence-corrected chi connectivity index (χ0v) is 22.7. The smallest absolute Gasteiger partial charge is 0.256 e. The first kappa shape index (κ1) is 26.1. The Bertz CT molecular complexity index is 1550. The summed E-state index contributed by atoms with van der Waals surface area (Å²) in [5.74, 6) is 0.885. The fourth-order valence-corrected chi connectivity index (χ4v) is 4.94. The first-order valence-corrected chi connectivity index (χ1v) is 13.0. The summed E-state index contributed by atoms with van der Waals surface area (Å²) in [7, 11) is 0. The third-order valence-corrected chi connectivity index (χ3v) is 7.22. The van der Waals surface area contributed by atoms with Gasteiger partial charge >= 0.3 is 0 Å². The third kappa shape index (κ3) is 5.25. The van der Waals surface area contributed by atoms with Gasteiger partial charge in [-0.2, -0.15) is 5.10 Å². The van der Waals surface area contributed by atoms with Crippen LogP contribution in [0.1, 0.15) is 48.7 Å². The molecule has 0 spiro atoms. The van der Waals surface area contributed by atoms with Crippen molar-refractivity contribution in [3.05, 3.63) is 78.1 Å². The Labute approximate surface area is 227 Å². The summed E-state index contributed by atoms with van der Waals surface area (Å²) in [6.45, 7) is 13.2. The van der Waals surface area contributed by atoms with Gasteiger partial charge in [-0.15, -0.1) is 0 Å². The highest BCUT2D eigenvalue weighted by atomic mass is 16.2. The van der Waals surface area contributed by atoms with Gasteiger partial charge in [-0.05, 0) is 71.4 Å². The fourth-order valence-electron chi connectivity index (χ4n) is 4.94. The van der Waals surface area contributed by atoms with Crippen LogP contribution in [0.25, 0.3) is 22.2 Å². The van der Waals surface area contributed by atoms with E-state index in [-0.39, 0.29) is 23.3 Å². The molecule has 1 aromatic carbocycles. The van der Waals surface area contributed by atoms with Crippen molar-refractivity contribution in [2.45, 2.75) is 45.6 Å². The lowest BCUT2D eigenvalue weighted by atomic mass is 9.87. The number of carbonyl (C=O) groups is 2. The fraction of sp³-hybridized carbons (Fsp3) is 0.300. The maximum Gasteiger partial charge on any atom is 0.256 e. The molecule has 0 aliphatic carbocycles. The highest BCUT2D eigenvalue weighted by Crippen LogP contribution is 2.35. The summed E-state index contributed by atoms with van der Waals surface area (Å²) < 4.78 is 0. The van der Waals surface area contributed by atoms with Crippen LogP contribution in [0.4, 0.5) is 11.6 Å². The van der Waals surface area contributed by atoms with Crippen LogP contribution >= 0.6 is 0 Å². The molecule has 1 aliphatic rings. The van der Waals surface area contributed by atoms with Crippen LogP contribution in [0, 0.1) is 6.92 Å². The molecule has 5 rings (SSSR count). The number of carbonyl (C=O) groups excluding carboxylic acids is 2. The molecule has 1 saturated heterocycles. The molecule has 200 valence electrons. The summed E-state index contributed by atoms with van der Waals surface area (Å²) in [5, 5.41) is 14.8. The first-order chi connectivity index (χ1) is 18.7. The lowest BCUT2D eigenvalue weighted by Crippen LogP contribution is -2.30. The number of rotatable bonds is 6. The van der Waals surface area contributed by atoms with Gasteiger partial charge in [0.1, 0.15) is 5.82 Å². The van der Waals surface area contributed by atoms with Crippen molar-refractivity contribution in [3.63, 3.8) is 0 Å². The van der Waals surface area contributed by atoms with E-state index < -0.39 is 0 Å². The predicted molar refractivity (Wildman–Crippen MR) is 154 cm³/mol. The zero-order valence-electron chi connectivity index (χ0n) is 22.7. The van der Waals surface area contributed by atoms with Crippen LogP contribution in [0.15, 0.2) is 61.4 Å². The maximum atomic E-state index is 13.1. The van der Waals surface area contributed by atoms with Crippen molar-refractivity contribution < 1.29 is 9.59 Å². The van der Waals surface area contributed by atoms with Gasteiger partial charge in [0.15, 0.2) is 11.5 Å². The molecule has 0 bridgehead atoms. The number of likely N-dealkylation sites (tertiary alicyclic amines) is 1. The number of amides is 2. The molecule has 0 radical (unpaired) electrons. The van der Waals surface area contributed by atoms with Gasteiger partial charge in [-0.1, -0.05) is 39.5 Å². The van der Waals surface area contributed by atoms with E-state index in [2.05, 4.69) is 58.1 Å². The second-order valence-corrected chi connectivity index (χ2v) is 10.9. The van der Waals surface area contributed by atoms with Crippen molar-refractivity contribution in [3.8, 4) is 11.1 Å². The summed E-state index contributed by atoms with van der Waals surface area (Å²) >= 11 is 0. The van der Waals surface area contributed by atoms with Gasteiger partial charge in [0.05, 0.1) is 5.39 Å². The summed E-state index contributed by atoms with van der Waals surface area (Å²) in [5.41, 5.74) is 5.06. The number of H-pyrrole nitrogens is 1. The maximum absolute atomic E-state index is 13.1. The van der Waals surface area contributed by atoms with Crippen molar-refractivity contribution in [2.24, 2.45) is 0 Å². The van der Waals surface area contributed by atoms with Crippen molar-refractivity contribution >= 4 is 34.5 Å². The molecule has 3 N–H and O–H groups in total. The third-order valence-electron chi connectivity index (χ3n) is 7.22. The average Bonchev–Trinajstić information content (AvgIpc) is 3.56. The predicted octanol–water partition coefficient (Wildman–Crippen LogP) is 5.08. The van der Waals surface area contributed by atoms with Gasteiger partial charge < -0.3 is 15.5 Å². The first-order valence-electron chi connectivity index (χ1n) is 13.0. The van der Waals surface area contributed by atoms with E-state index in [1.807, 2.05) is 43.3 Å². The van der Waals surface area contributed by atoms with Gasteiger partial charge in [0.2, 0.25) is 5.91 Å². The van der Waals surface area contributed by atoms with Crippen LogP contribution in [0.5, 0.6) is 0 Å². The lowest BCUT2D eigenvalue weighted by molar-refractivity contribution is -0.125. The van der Waals surface area contributed by atoms with Crippen LogP contribution in [-0.2, 0) is 10.2 Å². The van der Waals surface area contributed by atoms with E-state index in [1.54, 1.807) is 17.3 Å². The van der Waals surface area contributed by atoms with E-state index in [0.29, 0.717) is 35.9 Å². The molecule has 9 heteroatoms. The minimum absolute atomic E-state index is 0.0122. The minimum Gasteiger partial charge on any atom is -0.363 e. The van der Waals surface area contributed by atoms with Crippen molar-refractivity contribution in [2.75, 3.05) is 23.7 Å². The molecule has 1 unspecified atom stereocenters. The molecule has 1 atom stereocenters. The number of hydrogen-bond donors (Lipinski definition) is 3. The second-order valence-electron chi connectivity index (χ2n) is 10.9. The topological polar surface area (TPSA) is 116 Å².